The van der Waals surface area contributed by atoms with E-state index in [1.807, 2.05) is 18.2 Å². The molecule has 1 unspecified atom stereocenters. The Morgan fingerprint density at radius 1 is 1.38 bits per heavy atom. The molecule has 1 amide bonds. The molecule has 2 aromatic rings. The Morgan fingerprint density at radius 2 is 2.16 bits per heavy atom. The zero-order valence-corrected chi connectivity index (χ0v) is 20.3. The molecule has 0 saturated carbocycles. The largest absolute Gasteiger partial charge is 0.384 e. The van der Waals surface area contributed by atoms with Crippen molar-refractivity contribution < 1.29 is 9.53 Å². The molecule has 1 heterocycles. The number of aromatic nitrogens is 1. The van der Waals surface area contributed by atoms with Crippen molar-refractivity contribution >= 4 is 39.5 Å². The van der Waals surface area contributed by atoms with Crippen molar-refractivity contribution in [2.75, 3.05) is 30.5 Å². The van der Waals surface area contributed by atoms with Crippen LogP contribution in [-0.4, -0.2) is 36.6 Å². The molecule has 1 aromatic carbocycles. The van der Waals surface area contributed by atoms with E-state index in [9.17, 15) is 10.1 Å². The molecule has 172 valence electrons. The Bertz CT molecular complexity index is 966. The summed E-state index contributed by atoms with van der Waals surface area (Å²) in [4.78, 5) is 14.2. The number of amides is 1. The second kappa shape index (κ2) is 12.9. The average Bonchev–Trinajstić information content (AvgIpc) is 3.18. The minimum absolute atomic E-state index is 0.181. The molecule has 0 fully saturated rings. The SMILES string of the molecule is CCCCN(c1ccc(/N=N/c2snc(CCOC)c2C#N)c(NC(C)=O)c1)C(C)CC. The third-order valence-corrected chi connectivity index (χ3v) is 5.92. The van der Waals surface area contributed by atoms with Crippen LogP contribution in [0.2, 0.25) is 0 Å². The third kappa shape index (κ3) is 6.84. The van der Waals surface area contributed by atoms with Gasteiger partial charge < -0.3 is 15.0 Å². The van der Waals surface area contributed by atoms with Gasteiger partial charge in [-0.25, -0.2) is 0 Å². The molecule has 1 aromatic heterocycles. The highest BCUT2D eigenvalue weighted by Crippen LogP contribution is 2.35. The zero-order chi connectivity index (χ0) is 23.5. The third-order valence-electron chi connectivity index (χ3n) is 5.15. The number of rotatable bonds is 12. The molecule has 8 nitrogen and oxygen atoms in total. The summed E-state index contributed by atoms with van der Waals surface area (Å²) >= 11 is 1.13. The zero-order valence-electron chi connectivity index (χ0n) is 19.5. The lowest BCUT2D eigenvalue weighted by Crippen LogP contribution is -2.33. The lowest BCUT2D eigenvalue weighted by atomic mass is 10.1. The lowest BCUT2D eigenvalue weighted by molar-refractivity contribution is -0.114. The molecule has 1 N–H and O–H groups in total. The molecule has 32 heavy (non-hydrogen) atoms. The van der Waals surface area contributed by atoms with Crippen molar-refractivity contribution in [2.45, 2.75) is 59.4 Å². The number of unbranched alkanes of at least 4 members (excludes halogenated alkanes) is 1. The molecular formula is C23H32N6O2S. The Labute approximate surface area is 194 Å². The molecule has 0 aliphatic carbocycles. The molecule has 0 saturated heterocycles. The van der Waals surface area contributed by atoms with Gasteiger partial charge in [-0.2, -0.15) is 9.64 Å². The summed E-state index contributed by atoms with van der Waals surface area (Å²) in [7, 11) is 1.61. The smallest absolute Gasteiger partial charge is 0.221 e. The number of nitrogens with one attached hydrogen (secondary N) is 1. The highest BCUT2D eigenvalue weighted by atomic mass is 32.1. The number of hydrogen-bond acceptors (Lipinski definition) is 8. The Balaban J connectivity index is 2.38. The number of nitrogens with zero attached hydrogens (tertiary/aromatic N) is 5. The molecule has 0 aliphatic rings. The first kappa shape index (κ1) is 25.4. The van der Waals surface area contributed by atoms with Gasteiger partial charge in [0.1, 0.15) is 17.3 Å². The standard InChI is InChI=1S/C23H32N6O2S/c1-6-8-12-29(16(3)7-2)18-9-10-21(22(14-18)25-17(4)30)26-27-23-19(15-24)20(28-32-23)11-13-31-5/h9-10,14,16H,6-8,11-13H2,1-5H3,(H,25,30)/b27-26+. The number of nitriles is 1. The monoisotopic (exact) mass is 456 g/mol. The normalized spacial score (nSPS) is 12.0. The fourth-order valence-corrected chi connectivity index (χ4v) is 3.91. The van der Waals surface area contributed by atoms with Gasteiger partial charge in [0.15, 0.2) is 5.00 Å². The summed E-state index contributed by atoms with van der Waals surface area (Å²) in [5.74, 6) is -0.181. The number of hydrogen-bond donors (Lipinski definition) is 1. The van der Waals surface area contributed by atoms with Crippen LogP contribution in [0, 0.1) is 11.3 Å². The number of benzene rings is 1. The van der Waals surface area contributed by atoms with Gasteiger partial charge in [-0.3, -0.25) is 4.79 Å². The van der Waals surface area contributed by atoms with Gasteiger partial charge in [0.25, 0.3) is 0 Å². The first-order chi connectivity index (χ1) is 15.4. The number of anilines is 2. The fourth-order valence-electron chi connectivity index (χ4n) is 3.19. The molecule has 9 heteroatoms. The predicted octanol–water partition coefficient (Wildman–Crippen LogP) is 5.98. The minimum Gasteiger partial charge on any atom is -0.384 e. The summed E-state index contributed by atoms with van der Waals surface area (Å²) in [5.41, 5.74) is 3.22. The van der Waals surface area contributed by atoms with Crippen molar-refractivity contribution in [1.82, 2.24) is 4.37 Å². The van der Waals surface area contributed by atoms with E-state index in [0.717, 1.165) is 43.0 Å². The molecule has 1 atom stereocenters. The van der Waals surface area contributed by atoms with Gasteiger partial charge in [-0.05, 0) is 49.5 Å². The van der Waals surface area contributed by atoms with Gasteiger partial charge in [0.2, 0.25) is 5.91 Å². The Morgan fingerprint density at radius 3 is 2.78 bits per heavy atom. The maximum absolute atomic E-state index is 11.8. The predicted molar refractivity (Wildman–Crippen MR) is 129 cm³/mol. The maximum atomic E-state index is 11.8. The highest BCUT2D eigenvalue weighted by molar-refractivity contribution is 7.10. The van der Waals surface area contributed by atoms with E-state index in [1.54, 1.807) is 7.11 Å². The van der Waals surface area contributed by atoms with E-state index in [2.05, 4.69) is 51.7 Å². The molecule has 0 aliphatic heterocycles. The molecule has 0 spiro atoms. The molecular weight excluding hydrogens is 424 g/mol. The van der Waals surface area contributed by atoms with Crippen LogP contribution in [-0.2, 0) is 16.0 Å². The molecule has 0 radical (unpaired) electrons. The van der Waals surface area contributed by atoms with E-state index >= 15 is 0 Å². The second-order valence-electron chi connectivity index (χ2n) is 7.55. The summed E-state index contributed by atoms with van der Waals surface area (Å²) in [6.07, 6.45) is 3.77. The van der Waals surface area contributed by atoms with Crippen molar-refractivity contribution in [3.05, 3.63) is 29.5 Å². The van der Waals surface area contributed by atoms with E-state index in [1.165, 1.54) is 6.92 Å². The van der Waals surface area contributed by atoms with Gasteiger partial charge in [-0.1, -0.05) is 20.3 Å². The summed E-state index contributed by atoms with van der Waals surface area (Å²) in [5, 5.41) is 21.4. The lowest BCUT2D eigenvalue weighted by Gasteiger charge is -2.31. The second-order valence-corrected chi connectivity index (χ2v) is 8.30. The van der Waals surface area contributed by atoms with Crippen molar-refractivity contribution in [2.24, 2.45) is 10.2 Å². The summed E-state index contributed by atoms with van der Waals surface area (Å²) in [6, 6.07) is 8.33. The number of azo groups is 1. The average molecular weight is 457 g/mol. The Hall–Kier alpha value is -2.83. The van der Waals surface area contributed by atoms with E-state index in [4.69, 9.17) is 4.74 Å². The topological polar surface area (TPSA) is 103 Å². The van der Waals surface area contributed by atoms with Crippen LogP contribution in [0.15, 0.2) is 28.4 Å². The maximum Gasteiger partial charge on any atom is 0.221 e. The highest BCUT2D eigenvalue weighted by Gasteiger charge is 2.16. The van der Waals surface area contributed by atoms with Gasteiger partial charge in [-0.15, -0.1) is 10.2 Å². The fraction of sp³-hybridized carbons (Fsp3) is 0.522. The van der Waals surface area contributed by atoms with Crippen LogP contribution in [0.5, 0.6) is 0 Å². The van der Waals surface area contributed by atoms with Crippen LogP contribution in [0.3, 0.4) is 0 Å². The van der Waals surface area contributed by atoms with Crippen LogP contribution in [0.25, 0.3) is 0 Å². The first-order valence-corrected chi connectivity index (χ1v) is 11.7. The van der Waals surface area contributed by atoms with Crippen LogP contribution in [0.1, 0.15) is 58.2 Å². The summed E-state index contributed by atoms with van der Waals surface area (Å²) in [6.45, 7) is 9.45. The van der Waals surface area contributed by atoms with Crippen molar-refractivity contribution in [3.63, 3.8) is 0 Å². The van der Waals surface area contributed by atoms with Crippen molar-refractivity contribution in [3.8, 4) is 6.07 Å². The van der Waals surface area contributed by atoms with E-state index in [0.29, 0.717) is 46.7 Å². The number of carbonyl (C=O) groups is 1. The van der Waals surface area contributed by atoms with Gasteiger partial charge in [0.05, 0.1) is 18.0 Å². The van der Waals surface area contributed by atoms with Crippen LogP contribution < -0.4 is 10.2 Å². The summed E-state index contributed by atoms with van der Waals surface area (Å²) < 4.78 is 9.38. The number of methoxy groups -OCH3 is 1. The molecule has 0 bridgehead atoms. The molecule has 2 rings (SSSR count). The van der Waals surface area contributed by atoms with Crippen LogP contribution >= 0.6 is 11.5 Å². The quantitative estimate of drug-likeness (QED) is 0.396. The van der Waals surface area contributed by atoms with E-state index in [-0.39, 0.29) is 5.91 Å². The van der Waals surface area contributed by atoms with E-state index < -0.39 is 0 Å². The van der Waals surface area contributed by atoms with Crippen molar-refractivity contribution in [1.29, 1.82) is 5.26 Å². The first-order valence-electron chi connectivity index (χ1n) is 10.9. The van der Waals surface area contributed by atoms with Crippen LogP contribution in [0.4, 0.5) is 22.1 Å². The van der Waals surface area contributed by atoms with Gasteiger partial charge in [0, 0.05) is 38.7 Å². The number of ether oxygens (including phenoxy) is 1. The number of carbonyl (C=O) groups excluding carboxylic acids is 1. The Kier molecular flexibility index (Phi) is 10.2. The van der Waals surface area contributed by atoms with Gasteiger partial charge >= 0.3 is 0 Å². The minimum atomic E-state index is -0.181.